The molecule has 2 rings (SSSR count). The number of aromatic nitrogens is 1. The second kappa shape index (κ2) is 6.99. The van der Waals surface area contributed by atoms with Crippen LogP contribution in [-0.2, 0) is 11.8 Å². The second-order valence-corrected chi connectivity index (χ2v) is 5.15. The number of methoxy groups -OCH3 is 2. The van der Waals surface area contributed by atoms with Gasteiger partial charge in [-0.3, -0.25) is 14.4 Å². The maximum Gasteiger partial charge on any atom is 0.274 e. The predicted molar refractivity (Wildman–Crippen MR) is 89.9 cm³/mol. The molecule has 0 bridgehead atoms. The highest BCUT2D eigenvalue weighted by atomic mass is 16.5. The molecule has 0 spiro atoms. The molecule has 0 aliphatic heterocycles. The molecule has 0 radical (unpaired) electrons. The summed E-state index contributed by atoms with van der Waals surface area (Å²) in [6, 6.07) is 4.91. The highest BCUT2D eigenvalue weighted by Gasteiger charge is 2.14. The second-order valence-electron chi connectivity index (χ2n) is 5.15. The van der Waals surface area contributed by atoms with Crippen molar-refractivity contribution >= 4 is 17.9 Å². The molecule has 0 saturated carbocycles. The number of aryl methyl sites for hydroxylation is 1. The molecule has 1 amide bonds. The first-order valence-electron chi connectivity index (χ1n) is 7.11. The Hall–Kier alpha value is -3.09. The largest absolute Gasteiger partial charge is 0.496 e. The van der Waals surface area contributed by atoms with Gasteiger partial charge < -0.3 is 19.4 Å². The third-order valence-corrected chi connectivity index (χ3v) is 3.49. The average Bonchev–Trinajstić information content (AvgIpc) is 2.56. The molecule has 0 atom stereocenters. The van der Waals surface area contributed by atoms with E-state index < -0.39 is 0 Å². The molecule has 24 heavy (non-hydrogen) atoms. The molecule has 1 heterocycles. The van der Waals surface area contributed by atoms with Crippen LogP contribution in [0.2, 0.25) is 0 Å². The average molecular weight is 330 g/mol. The van der Waals surface area contributed by atoms with Gasteiger partial charge in [0.1, 0.15) is 17.2 Å². The van der Waals surface area contributed by atoms with E-state index in [1.165, 1.54) is 25.7 Å². The first-order chi connectivity index (χ1) is 11.4. The SMILES string of the molecule is COc1cc(-c2cc(NC(C)=O)c(=O)n(C)c2)cc(OC)c1C=O. The first-order valence-corrected chi connectivity index (χ1v) is 7.11. The van der Waals surface area contributed by atoms with Gasteiger partial charge in [-0.2, -0.15) is 0 Å². The van der Waals surface area contributed by atoms with Crippen LogP contribution in [0, 0.1) is 0 Å². The summed E-state index contributed by atoms with van der Waals surface area (Å²) in [5.41, 5.74) is 1.49. The van der Waals surface area contributed by atoms with Gasteiger partial charge in [0, 0.05) is 25.7 Å². The van der Waals surface area contributed by atoms with Crippen LogP contribution in [0.15, 0.2) is 29.2 Å². The number of amides is 1. The zero-order chi connectivity index (χ0) is 17.9. The zero-order valence-electron chi connectivity index (χ0n) is 13.9. The summed E-state index contributed by atoms with van der Waals surface area (Å²) in [4.78, 5) is 34.6. The number of nitrogens with zero attached hydrogens (tertiary/aromatic N) is 1. The van der Waals surface area contributed by atoms with Crippen molar-refractivity contribution in [2.75, 3.05) is 19.5 Å². The number of benzene rings is 1. The number of pyridine rings is 1. The molecular formula is C17H18N2O5. The van der Waals surface area contributed by atoms with E-state index >= 15 is 0 Å². The summed E-state index contributed by atoms with van der Waals surface area (Å²) in [7, 11) is 4.50. The molecule has 126 valence electrons. The van der Waals surface area contributed by atoms with E-state index in [1.54, 1.807) is 31.4 Å². The molecule has 1 N–H and O–H groups in total. The summed E-state index contributed by atoms with van der Waals surface area (Å²) in [5.74, 6) is 0.374. The maximum atomic E-state index is 12.1. The lowest BCUT2D eigenvalue weighted by Gasteiger charge is -2.13. The quantitative estimate of drug-likeness (QED) is 0.845. The van der Waals surface area contributed by atoms with Crippen molar-refractivity contribution < 1.29 is 19.1 Å². The van der Waals surface area contributed by atoms with E-state index in [-0.39, 0.29) is 17.2 Å². The van der Waals surface area contributed by atoms with Crippen molar-refractivity contribution in [1.29, 1.82) is 0 Å². The molecule has 1 aromatic carbocycles. The summed E-state index contributed by atoms with van der Waals surface area (Å²) in [6.45, 7) is 1.33. The van der Waals surface area contributed by atoms with Gasteiger partial charge in [0.05, 0.1) is 19.8 Å². The summed E-state index contributed by atoms with van der Waals surface area (Å²) < 4.78 is 11.8. The molecule has 1 aromatic heterocycles. The lowest BCUT2D eigenvalue weighted by atomic mass is 10.0. The Balaban J connectivity index is 2.67. The summed E-state index contributed by atoms with van der Waals surface area (Å²) in [6.07, 6.45) is 2.29. The van der Waals surface area contributed by atoms with Gasteiger partial charge in [0.2, 0.25) is 5.91 Å². The van der Waals surface area contributed by atoms with Crippen LogP contribution in [0.4, 0.5) is 5.69 Å². The van der Waals surface area contributed by atoms with Crippen molar-refractivity contribution in [2.45, 2.75) is 6.92 Å². The summed E-state index contributed by atoms with van der Waals surface area (Å²) in [5, 5.41) is 2.51. The lowest BCUT2D eigenvalue weighted by molar-refractivity contribution is -0.114. The molecule has 7 nitrogen and oxygen atoms in total. The van der Waals surface area contributed by atoms with Crippen molar-refractivity contribution in [1.82, 2.24) is 4.57 Å². The highest BCUT2D eigenvalue weighted by Crippen LogP contribution is 2.34. The molecule has 0 fully saturated rings. The van der Waals surface area contributed by atoms with E-state index in [9.17, 15) is 14.4 Å². The molecule has 7 heteroatoms. The zero-order valence-corrected chi connectivity index (χ0v) is 13.9. The summed E-state index contributed by atoms with van der Waals surface area (Å²) >= 11 is 0. The number of hydrogen-bond acceptors (Lipinski definition) is 5. The minimum atomic E-state index is -0.337. The van der Waals surface area contributed by atoms with Gasteiger partial charge in [0.15, 0.2) is 6.29 Å². The Morgan fingerprint density at radius 2 is 1.71 bits per heavy atom. The van der Waals surface area contributed by atoms with E-state index in [2.05, 4.69) is 5.32 Å². The standard InChI is InChI=1S/C17H18N2O5/c1-10(21)18-14-5-12(8-19(2)17(14)22)11-6-15(23-3)13(9-20)16(7-11)24-4/h5-9H,1-4H3,(H,18,21). The smallest absolute Gasteiger partial charge is 0.274 e. The van der Waals surface area contributed by atoms with Crippen LogP contribution in [-0.4, -0.2) is 31.0 Å². The Bertz CT molecular complexity index is 830. The van der Waals surface area contributed by atoms with Crippen molar-refractivity contribution in [3.05, 3.63) is 40.3 Å². The van der Waals surface area contributed by atoms with Crippen molar-refractivity contribution in [3.63, 3.8) is 0 Å². The maximum absolute atomic E-state index is 12.1. The molecule has 0 aliphatic rings. The fourth-order valence-corrected chi connectivity index (χ4v) is 2.37. The third-order valence-electron chi connectivity index (χ3n) is 3.49. The number of hydrogen-bond donors (Lipinski definition) is 1. The topological polar surface area (TPSA) is 86.6 Å². The van der Waals surface area contributed by atoms with Crippen LogP contribution in [0.25, 0.3) is 11.1 Å². The van der Waals surface area contributed by atoms with Gasteiger partial charge in [-0.25, -0.2) is 0 Å². The van der Waals surface area contributed by atoms with Gasteiger partial charge >= 0.3 is 0 Å². The monoisotopic (exact) mass is 330 g/mol. The Kier molecular flexibility index (Phi) is 5.03. The van der Waals surface area contributed by atoms with Crippen molar-refractivity contribution in [2.24, 2.45) is 7.05 Å². The van der Waals surface area contributed by atoms with E-state index in [0.29, 0.717) is 34.5 Å². The molecule has 0 saturated heterocycles. The van der Waals surface area contributed by atoms with E-state index in [0.717, 1.165) is 0 Å². The normalized spacial score (nSPS) is 10.2. The predicted octanol–water partition coefficient (Wildman–Crippen LogP) is 1.84. The number of aldehydes is 1. The van der Waals surface area contributed by atoms with Gasteiger partial charge in [-0.1, -0.05) is 0 Å². The van der Waals surface area contributed by atoms with E-state index in [4.69, 9.17) is 9.47 Å². The fourth-order valence-electron chi connectivity index (χ4n) is 2.37. The van der Waals surface area contributed by atoms with Crippen LogP contribution in [0.1, 0.15) is 17.3 Å². The molecule has 0 unspecified atom stereocenters. The Labute approximate surface area is 138 Å². The highest BCUT2D eigenvalue weighted by molar-refractivity contribution is 5.90. The molecule has 2 aromatic rings. The third kappa shape index (κ3) is 3.29. The van der Waals surface area contributed by atoms with E-state index in [1.807, 2.05) is 0 Å². The number of ether oxygens (including phenoxy) is 2. The first kappa shape index (κ1) is 17.3. The number of carbonyl (C=O) groups is 2. The Morgan fingerprint density at radius 1 is 1.12 bits per heavy atom. The fraction of sp³-hybridized carbons (Fsp3) is 0.235. The minimum absolute atomic E-state index is 0.167. The lowest BCUT2D eigenvalue weighted by Crippen LogP contribution is -2.22. The van der Waals surface area contributed by atoms with Gasteiger partial charge in [-0.15, -0.1) is 0 Å². The van der Waals surface area contributed by atoms with Crippen LogP contribution >= 0.6 is 0 Å². The van der Waals surface area contributed by atoms with Crippen LogP contribution in [0.3, 0.4) is 0 Å². The number of carbonyl (C=O) groups excluding carboxylic acids is 2. The van der Waals surface area contributed by atoms with Crippen LogP contribution < -0.4 is 20.3 Å². The number of anilines is 1. The number of nitrogens with one attached hydrogen (secondary N) is 1. The number of rotatable bonds is 5. The molecule has 0 aliphatic carbocycles. The Morgan fingerprint density at radius 3 is 2.17 bits per heavy atom. The van der Waals surface area contributed by atoms with Crippen molar-refractivity contribution in [3.8, 4) is 22.6 Å². The van der Waals surface area contributed by atoms with Gasteiger partial charge in [0.25, 0.3) is 5.56 Å². The van der Waals surface area contributed by atoms with Crippen LogP contribution in [0.5, 0.6) is 11.5 Å². The van der Waals surface area contributed by atoms with Gasteiger partial charge in [-0.05, 0) is 23.8 Å². The minimum Gasteiger partial charge on any atom is -0.496 e. The molecular weight excluding hydrogens is 312 g/mol.